The van der Waals surface area contributed by atoms with Crippen LogP contribution in [0.5, 0.6) is 0 Å². The third kappa shape index (κ3) is 1.18. The van der Waals surface area contributed by atoms with Crippen LogP contribution in [0.3, 0.4) is 0 Å². The van der Waals surface area contributed by atoms with Crippen LogP contribution in [-0.2, 0) is 0 Å². The lowest BCUT2D eigenvalue weighted by Crippen LogP contribution is -1.83. The highest BCUT2D eigenvalue weighted by atomic mass is 16.3. The Morgan fingerprint density at radius 2 is 2.10 bits per heavy atom. The molecule has 0 N–H and O–H groups in total. The van der Waals surface area contributed by atoms with Crippen LogP contribution >= 0.6 is 0 Å². The molecule has 3 nitrogen and oxygen atoms in total. The van der Waals surface area contributed by atoms with Crippen LogP contribution in [0.25, 0.3) is 0 Å². The average Bonchev–Trinajstić information content (AvgIpc) is 1.88. The molecule has 0 atom stereocenters. The van der Waals surface area contributed by atoms with Gasteiger partial charge in [-0.1, -0.05) is 0 Å². The van der Waals surface area contributed by atoms with E-state index in [2.05, 4.69) is 10.2 Å². The SMILES string of the molecule is Cc1ccc(N=O)c(C)n1. The van der Waals surface area contributed by atoms with E-state index in [0.29, 0.717) is 11.4 Å². The molecule has 0 saturated carbocycles. The zero-order valence-electron chi connectivity index (χ0n) is 5.96. The van der Waals surface area contributed by atoms with Gasteiger partial charge in [0, 0.05) is 5.69 Å². The van der Waals surface area contributed by atoms with E-state index in [4.69, 9.17) is 0 Å². The van der Waals surface area contributed by atoms with E-state index in [9.17, 15) is 4.91 Å². The molecule has 0 aliphatic carbocycles. The molecule has 0 radical (unpaired) electrons. The topological polar surface area (TPSA) is 42.3 Å². The highest BCUT2D eigenvalue weighted by Gasteiger charge is 1.96. The number of nitroso groups, excluding NO2 is 1. The summed E-state index contributed by atoms with van der Waals surface area (Å²) < 4.78 is 0. The molecule has 0 saturated heterocycles. The number of hydrogen-bond donors (Lipinski definition) is 0. The van der Waals surface area contributed by atoms with Gasteiger partial charge in [-0.3, -0.25) is 4.98 Å². The van der Waals surface area contributed by atoms with E-state index >= 15 is 0 Å². The second kappa shape index (κ2) is 2.56. The lowest BCUT2D eigenvalue weighted by molar-refractivity contribution is 1.11. The van der Waals surface area contributed by atoms with Crippen molar-refractivity contribution in [1.29, 1.82) is 0 Å². The summed E-state index contributed by atoms with van der Waals surface area (Å²) in [4.78, 5) is 14.1. The number of nitrogens with zero attached hydrogens (tertiary/aromatic N) is 2. The second-order valence-corrected chi connectivity index (χ2v) is 2.15. The van der Waals surface area contributed by atoms with Crippen molar-refractivity contribution >= 4 is 5.69 Å². The minimum atomic E-state index is 0.422. The maximum atomic E-state index is 10.0. The standard InChI is InChI=1S/C7H8N2O/c1-5-3-4-7(9-10)6(2)8-5/h3-4H,1-2H3. The number of aryl methyl sites for hydroxylation is 2. The van der Waals surface area contributed by atoms with Crippen molar-refractivity contribution < 1.29 is 0 Å². The van der Waals surface area contributed by atoms with E-state index in [1.807, 2.05) is 6.92 Å². The molecular formula is C7H8N2O. The Labute approximate surface area is 59.1 Å². The summed E-state index contributed by atoms with van der Waals surface area (Å²) in [5.41, 5.74) is 2.02. The minimum absolute atomic E-state index is 0.422. The van der Waals surface area contributed by atoms with Gasteiger partial charge in [-0.15, -0.1) is 4.91 Å². The Kier molecular flexibility index (Phi) is 1.76. The molecule has 0 aliphatic heterocycles. The molecule has 0 fully saturated rings. The Morgan fingerprint density at radius 3 is 2.60 bits per heavy atom. The minimum Gasteiger partial charge on any atom is -0.256 e. The van der Waals surface area contributed by atoms with Gasteiger partial charge < -0.3 is 0 Å². The molecule has 52 valence electrons. The number of aromatic nitrogens is 1. The monoisotopic (exact) mass is 136 g/mol. The normalized spacial score (nSPS) is 9.40. The van der Waals surface area contributed by atoms with E-state index in [1.165, 1.54) is 0 Å². The molecule has 3 heteroatoms. The van der Waals surface area contributed by atoms with Crippen LogP contribution in [0.4, 0.5) is 5.69 Å². The molecule has 0 aliphatic rings. The molecule has 10 heavy (non-hydrogen) atoms. The summed E-state index contributed by atoms with van der Waals surface area (Å²) in [6.45, 7) is 3.64. The van der Waals surface area contributed by atoms with Crippen LogP contribution in [-0.4, -0.2) is 4.98 Å². The van der Waals surface area contributed by atoms with Crippen LogP contribution < -0.4 is 0 Å². The average molecular weight is 136 g/mol. The smallest absolute Gasteiger partial charge is 0.129 e. The molecule has 0 bridgehead atoms. The van der Waals surface area contributed by atoms with Gasteiger partial charge in [0.2, 0.25) is 0 Å². The van der Waals surface area contributed by atoms with Gasteiger partial charge in [-0.25, -0.2) is 0 Å². The predicted octanol–water partition coefficient (Wildman–Crippen LogP) is 2.10. The van der Waals surface area contributed by atoms with Crippen LogP contribution in [0.1, 0.15) is 11.4 Å². The van der Waals surface area contributed by atoms with Crippen molar-refractivity contribution in [1.82, 2.24) is 4.98 Å². The summed E-state index contributed by atoms with van der Waals surface area (Å²) in [6.07, 6.45) is 0. The molecule has 1 heterocycles. The molecule has 0 amide bonds. The van der Waals surface area contributed by atoms with Gasteiger partial charge in [-0.2, -0.15) is 0 Å². The Hall–Kier alpha value is -1.25. The van der Waals surface area contributed by atoms with Crippen molar-refractivity contribution in [2.45, 2.75) is 13.8 Å². The summed E-state index contributed by atoms with van der Waals surface area (Å²) in [5.74, 6) is 0. The number of rotatable bonds is 1. The van der Waals surface area contributed by atoms with Crippen molar-refractivity contribution in [3.8, 4) is 0 Å². The van der Waals surface area contributed by atoms with Gasteiger partial charge in [0.15, 0.2) is 0 Å². The van der Waals surface area contributed by atoms with Gasteiger partial charge in [0.05, 0.1) is 5.69 Å². The fraction of sp³-hybridized carbons (Fsp3) is 0.286. The molecule has 0 unspecified atom stereocenters. The maximum Gasteiger partial charge on any atom is 0.129 e. The third-order valence-corrected chi connectivity index (χ3v) is 1.30. The van der Waals surface area contributed by atoms with Gasteiger partial charge in [-0.05, 0) is 31.2 Å². The summed E-state index contributed by atoms with van der Waals surface area (Å²) in [7, 11) is 0. The number of pyridine rings is 1. The van der Waals surface area contributed by atoms with E-state index in [1.54, 1.807) is 19.1 Å². The summed E-state index contributed by atoms with van der Waals surface area (Å²) in [6, 6.07) is 3.44. The highest BCUT2D eigenvalue weighted by molar-refractivity contribution is 5.41. The first kappa shape index (κ1) is 6.86. The lowest BCUT2D eigenvalue weighted by atomic mass is 10.3. The van der Waals surface area contributed by atoms with E-state index in [-0.39, 0.29) is 0 Å². The van der Waals surface area contributed by atoms with E-state index in [0.717, 1.165) is 5.69 Å². The van der Waals surface area contributed by atoms with Crippen LogP contribution in [0, 0.1) is 18.8 Å². The fourth-order valence-corrected chi connectivity index (χ4v) is 0.776. The van der Waals surface area contributed by atoms with Crippen molar-refractivity contribution in [3.63, 3.8) is 0 Å². The molecule has 1 rings (SSSR count). The quantitative estimate of drug-likeness (QED) is 0.555. The molecule has 0 aromatic carbocycles. The predicted molar refractivity (Wildman–Crippen MR) is 39.2 cm³/mol. The highest BCUT2D eigenvalue weighted by Crippen LogP contribution is 2.14. The Morgan fingerprint density at radius 1 is 1.40 bits per heavy atom. The third-order valence-electron chi connectivity index (χ3n) is 1.30. The van der Waals surface area contributed by atoms with Gasteiger partial charge in [0.1, 0.15) is 5.69 Å². The van der Waals surface area contributed by atoms with Crippen molar-refractivity contribution in [2.24, 2.45) is 5.18 Å². The molecular weight excluding hydrogens is 128 g/mol. The van der Waals surface area contributed by atoms with Gasteiger partial charge >= 0.3 is 0 Å². The van der Waals surface area contributed by atoms with Crippen LogP contribution in [0.2, 0.25) is 0 Å². The van der Waals surface area contributed by atoms with Gasteiger partial charge in [0.25, 0.3) is 0 Å². The summed E-state index contributed by atoms with van der Waals surface area (Å²) >= 11 is 0. The molecule has 1 aromatic heterocycles. The summed E-state index contributed by atoms with van der Waals surface area (Å²) in [5, 5.41) is 2.80. The van der Waals surface area contributed by atoms with Crippen molar-refractivity contribution in [2.75, 3.05) is 0 Å². The zero-order valence-corrected chi connectivity index (χ0v) is 5.96. The largest absolute Gasteiger partial charge is 0.256 e. The van der Waals surface area contributed by atoms with E-state index < -0.39 is 0 Å². The number of hydrogen-bond acceptors (Lipinski definition) is 3. The van der Waals surface area contributed by atoms with Crippen LogP contribution in [0.15, 0.2) is 17.3 Å². The molecule has 0 spiro atoms. The van der Waals surface area contributed by atoms with Crippen molar-refractivity contribution in [3.05, 3.63) is 28.4 Å². The molecule has 1 aromatic rings. The first-order valence-corrected chi connectivity index (χ1v) is 3.01. The maximum absolute atomic E-state index is 10.0. The first-order valence-electron chi connectivity index (χ1n) is 3.01. The zero-order chi connectivity index (χ0) is 7.56. The lowest BCUT2D eigenvalue weighted by Gasteiger charge is -1.95. The fourth-order valence-electron chi connectivity index (χ4n) is 0.776. The Bertz CT molecular complexity index is 258. The first-order chi connectivity index (χ1) is 4.74. The Balaban J connectivity index is 3.19. The second-order valence-electron chi connectivity index (χ2n) is 2.15.